The highest BCUT2D eigenvalue weighted by Gasteiger charge is 2.30. The van der Waals surface area contributed by atoms with Crippen LogP contribution in [0, 0.1) is 11.1 Å². The second kappa shape index (κ2) is 2.73. The summed E-state index contributed by atoms with van der Waals surface area (Å²) in [5, 5.41) is 7.75. The van der Waals surface area contributed by atoms with Gasteiger partial charge in [0.1, 0.15) is 7.57 Å². The van der Waals surface area contributed by atoms with Gasteiger partial charge in [-0.15, -0.1) is 0 Å². The summed E-state index contributed by atoms with van der Waals surface area (Å²) in [7, 11) is 5.79. The van der Waals surface area contributed by atoms with E-state index in [4.69, 9.17) is 12.7 Å². The summed E-state index contributed by atoms with van der Waals surface area (Å²) in [6.07, 6.45) is 0. The largest absolute Gasteiger partial charge is 0.329 e. The molecular formula is C7H17BNP. The van der Waals surface area contributed by atoms with Gasteiger partial charge in [0, 0.05) is 0 Å². The van der Waals surface area contributed by atoms with Crippen LogP contribution < -0.4 is 0 Å². The summed E-state index contributed by atoms with van der Waals surface area (Å²) in [5.74, 6) is 0.494. The first-order chi connectivity index (χ1) is 4.19. The van der Waals surface area contributed by atoms with E-state index in [2.05, 4.69) is 27.7 Å². The predicted molar refractivity (Wildman–Crippen MR) is 50.2 cm³/mol. The van der Waals surface area contributed by atoms with Crippen molar-refractivity contribution in [3.63, 3.8) is 0 Å². The highest BCUT2D eigenvalue weighted by atomic mass is 31.2. The Hall–Kier alpha value is 0.295. The third-order valence-electron chi connectivity index (χ3n) is 2.61. The van der Waals surface area contributed by atoms with Crippen LogP contribution in [0.2, 0.25) is 0 Å². The molecule has 0 rings (SSSR count). The van der Waals surface area contributed by atoms with Crippen LogP contribution in [0.3, 0.4) is 0 Å². The Morgan fingerprint density at radius 3 is 1.70 bits per heavy atom. The lowest BCUT2D eigenvalue weighted by Gasteiger charge is -2.37. The highest BCUT2D eigenvalue weighted by molar-refractivity contribution is 7.88. The van der Waals surface area contributed by atoms with Crippen molar-refractivity contribution in [3.05, 3.63) is 0 Å². The second-order valence-electron chi connectivity index (χ2n) is 3.88. The van der Waals surface area contributed by atoms with Crippen LogP contribution >= 0.6 is 6.93 Å². The average Bonchev–Trinajstić information content (AvgIpc) is 1.62. The molecule has 0 saturated heterocycles. The molecule has 10 heavy (non-hydrogen) atoms. The maximum atomic E-state index is 7.75. The minimum atomic E-state index is -1.92. The van der Waals surface area contributed by atoms with Crippen LogP contribution in [0.25, 0.3) is 0 Å². The average molecular weight is 157 g/mol. The van der Waals surface area contributed by atoms with Gasteiger partial charge in [0.05, 0.1) is 0 Å². The third kappa shape index (κ3) is 1.89. The standard InChI is InChI=1S/C7H17BNP/c1-6(2)7(3,4)10(5,8)9/h6,9H,1-5H3. The zero-order valence-corrected chi connectivity index (χ0v) is 8.50. The number of hydrogen-bond acceptors (Lipinski definition) is 1. The summed E-state index contributed by atoms with van der Waals surface area (Å²) >= 11 is 0. The lowest BCUT2D eigenvalue weighted by molar-refractivity contribution is 0.494. The lowest BCUT2D eigenvalue weighted by Crippen LogP contribution is -2.26. The Labute approximate surface area is 65.8 Å². The van der Waals surface area contributed by atoms with E-state index in [0.29, 0.717) is 5.92 Å². The Morgan fingerprint density at radius 2 is 1.70 bits per heavy atom. The molecular weight excluding hydrogens is 140 g/mol. The Kier molecular flexibility index (Phi) is 2.81. The fraction of sp³-hybridized carbons (Fsp3) is 1.00. The van der Waals surface area contributed by atoms with E-state index < -0.39 is 6.93 Å². The van der Waals surface area contributed by atoms with Crippen molar-refractivity contribution in [2.24, 2.45) is 5.92 Å². The van der Waals surface area contributed by atoms with Gasteiger partial charge in [0.2, 0.25) is 0 Å². The van der Waals surface area contributed by atoms with E-state index >= 15 is 0 Å². The van der Waals surface area contributed by atoms with Gasteiger partial charge >= 0.3 is 0 Å². The number of rotatable bonds is 2. The molecule has 0 saturated carbocycles. The molecule has 58 valence electrons. The summed E-state index contributed by atoms with van der Waals surface area (Å²) < 4.78 is 0. The van der Waals surface area contributed by atoms with Crippen molar-refractivity contribution >= 4 is 14.5 Å². The first-order valence-corrected chi connectivity index (χ1v) is 5.90. The fourth-order valence-electron chi connectivity index (χ4n) is 0.536. The molecule has 0 spiro atoms. The van der Waals surface area contributed by atoms with Crippen molar-refractivity contribution < 1.29 is 0 Å². The summed E-state index contributed by atoms with van der Waals surface area (Å²) in [4.78, 5) is 0. The van der Waals surface area contributed by atoms with Gasteiger partial charge in [0.15, 0.2) is 0 Å². The van der Waals surface area contributed by atoms with Crippen LogP contribution in [0.15, 0.2) is 0 Å². The first kappa shape index (κ1) is 10.3. The molecule has 1 N–H and O–H groups in total. The van der Waals surface area contributed by atoms with Crippen molar-refractivity contribution in [1.29, 1.82) is 5.16 Å². The van der Waals surface area contributed by atoms with Crippen molar-refractivity contribution in [2.45, 2.75) is 32.9 Å². The molecule has 0 heterocycles. The summed E-state index contributed by atoms with van der Waals surface area (Å²) in [5.41, 5.74) is 0. The molecule has 3 heteroatoms. The molecule has 1 atom stereocenters. The van der Waals surface area contributed by atoms with Gasteiger partial charge in [0.25, 0.3) is 0 Å². The van der Waals surface area contributed by atoms with Crippen LogP contribution in [0.1, 0.15) is 27.7 Å². The summed E-state index contributed by atoms with van der Waals surface area (Å²) in [6, 6.07) is 0. The molecule has 1 unspecified atom stereocenters. The maximum absolute atomic E-state index is 7.75. The Balaban J connectivity index is 4.58. The molecule has 2 radical (unpaired) electrons. The lowest BCUT2D eigenvalue weighted by atomic mass is 9.99. The van der Waals surface area contributed by atoms with E-state index in [1.54, 1.807) is 0 Å². The predicted octanol–water partition coefficient (Wildman–Crippen LogP) is 2.91. The Bertz CT molecular complexity index is 157. The van der Waals surface area contributed by atoms with E-state index in [1.807, 2.05) is 6.66 Å². The third-order valence-corrected chi connectivity index (χ3v) is 5.52. The van der Waals surface area contributed by atoms with E-state index in [0.717, 1.165) is 0 Å². The zero-order chi connectivity index (χ0) is 8.58. The van der Waals surface area contributed by atoms with Crippen LogP contribution in [-0.4, -0.2) is 19.4 Å². The Morgan fingerprint density at radius 1 is 1.40 bits per heavy atom. The van der Waals surface area contributed by atoms with Gasteiger partial charge < -0.3 is 5.16 Å². The van der Waals surface area contributed by atoms with Gasteiger partial charge in [-0.05, 0) is 17.7 Å². The molecule has 0 aromatic heterocycles. The van der Waals surface area contributed by atoms with E-state index in [9.17, 15) is 0 Å². The SMILES string of the molecule is [B]P(C)(=N)C(C)(C)C(C)C. The van der Waals surface area contributed by atoms with Crippen LogP contribution in [0.4, 0.5) is 0 Å². The monoisotopic (exact) mass is 157 g/mol. The molecule has 0 aliphatic heterocycles. The van der Waals surface area contributed by atoms with Gasteiger partial charge in [-0.3, -0.25) is 0 Å². The van der Waals surface area contributed by atoms with Gasteiger partial charge in [-0.1, -0.05) is 34.6 Å². The van der Waals surface area contributed by atoms with Crippen molar-refractivity contribution in [1.82, 2.24) is 0 Å². The minimum Gasteiger partial charge on any atom is -0.329 e. The smallest absolute Gasteiger partial charge is 0.134 e. The van der Waals surface area contributed by atoms with E-state index in [1.165, 1.54) is 0 Å². The molecule has 0 aromatic carbocycles. The van der Waals surface area contributed by atoms with Gasteiger partial charge in [-0.2, -0.15) is 0 Å². The molecule has 0 aliphatic rings. The second-order valence-corrected chi connectivity index (χ2v) is 7.19. The molecule has 0 fully saturated rings. The topological polar surface area (TPSA) is 23.9 Å². The highest BCUT2D eigenvalue weighted by Crippen LogP contribution is 2.54. The molecule has 0 aliphatic carbocycles. The van der Waals surface area contributed by atoms with Crippen LogP contribution in [0.5, 0.6) is 0 Å². The first-order valence-electron chi connectivity index (χ1n) is 3.60. The fourth-order valence-corrected chi connectivity index (χ4v) is 1.61. The van der Waals surface area contributed by atoms with Crippen molar-refractivity contribution in [2.75, 3.05) is 6.66 Å². The minimum absolute atomic E-state index is 0.00694. The molecule has 0 bridgehead atoms. The summed E-state index contributed by atoms with van der Waals surface area (Å²) in [6.45, 7) is 8.36. The van der Waals surface area contributed by atoms with Gasteiger partial charge in [-0.25, -0.2) is 0 Å². The number of hydrogen-bond donors (Lipinski definition) is 1. The van der Waals surface area contributed by atoms with Crippen molar-refractivity contribution in [3.8, 4) is 0 Å². The molecule has 1 nitrogen and oxygen atoms in total. The molecule has 0 aromatic rings. The quantitative estimate of drug-likeness (QED) is 0.470. The normalized spacial score (nSPS) is 19.0. The van der Waals surface area contributed by atoms with E-state index in [-0.39, 0.29) is 5.16 Å². The maximum Gasteiger partial charge on any atom is 0.134 e. The number of nitrogens with one attached hydrogen (secondary N) is 1. The van der Waals surface area contributed by atoms with Crippen LogP contribution in [-0.2, 0) is 0 Å². The zero-order valence-electron chi connectivity index (χ0n) is 7.60. The molecule has 0 amide bonds.